The fourth-order valence-corrected chi connectivity index (χ4v) is 2.71. The fraction of sp³-hybridized carbons (Fsp3) is 0.357. The van der Waals surface area contributed by atoms with Crippen LogP contribution in [0.3, 0.4) is 0 Å². The predicted octanol–water partition coefficient (Wildman–Crippen LogP) is 1.72. The third-order valence-corrected chi connectivity index (χ3v) is 4.00. The zero-order valence-corrected chi connectivity index (χ0v) is 12.7. The molecule has 1 aromatic heterocycles. The van der Waals surface area contributed by atoms with Gasteiger partial charge in [-0.05, 0) is 6.42 Å². The molecular weight excluding hydrogens is 290 g/mol. The van der Waals surface area contributed by atoms with Crippen LogP contribution in [-0.4, -0.2) is 26.7 Å². The molecule has 0 amide bonds. The normalized spacial score (nSPS) is 11.7. The van der Waals surface area contributed by atoms with Gasteiger partial charge < -0.3 is 4.52 Å². The van der Waals surface area contributed by atoms with Gasteiger partial charge in [-0.25, -0.2) is 9.44 Å². The van der Waals surface area contributed by atoms with Crippen LogP contribution < -0.4 is 9.44 Å². The Morgan fingerprint density at radius 2 is 1.86 bits per heavy atom. The average molecular weight is 309 g/mol. The van der Waals surface area contributed by atoms with Crippen LogP contribution in [0.25, 0.3) is 11.3 Å². The average Bonchev–Trinajstić information content (AvgIpc) is 2.95. The zero-order chi connectivity index (χ0) is 15.1. The predicted molar refractivity (Wildman–Crippen MR) is 80.9 cm³/mol. The molecule has 21 heavy (non-hydrogen) atoms. The highest BCUT2D eigenvalue weighted by molar-refractivity contribution is 7.87. The Kier molecular flexibility index (Phi) is 5.49. The molecule has 0 unspecified atom stereocenters. The Balaban J connectivity index is 1.86. The zero-order valence-electron chi connectivity index (χ0n) is 11.9. The Morgan fingerprint density at radius 3 is 2.57 bits per heavy atom. The first kappa shape index (κ1) is 15.7. The van der Waals surface area contributed by atoms with E-state index in [1.54, 1.807) is 0 Å². The summed E-state index contributed by atoms with van der Waals surface area (Å²) in [4.78, 5) is 0. The molecule has 0 spiro atoms. The van der Waals surface area contributed by atoms with Crippen LogP contribution in [-0.2, 0) is 16.6 Å². The number of aromatic nitrogens is 1. The lowest BCUT2D eigenvalue weighted by Crippen LogP contribution is -2.37. The Hall–Kier alpha value is -1.70. The van der Waals surface area contributed by atoms with E-state index in [4.69, 9.17) is 4.52 Å². The van der Waals surface area contributed by atoms with E-state index in [9.17, 15) is 8.42 Å². The molecule has 0 bridgehead atoms. The third-order valence-electron chi connectivity index (χ3n) is 2.83. The Morgan fingerprint density at radius 1 is 1.14 bits per heavy atom. The van der Waals surface area contributed by atoms with E-state index in [1.165, 1.54) is 0 Å². The quantitative estimate of drug-likeness (QED) is 0.777. The van der Waals surface area contributed by atoms with Crippen LogP contribution in [0.5, 0.6) is 0 Å². The maximum Gasteiger partial charge on any atom is 0.276 e. The lowest BCUT2D eigenvalue weighted by Gasteiger charge is -2.05. The summed E-state index contributed by atoms with van der Waals surface area (Å²) >= 11 is 0. The summed E-state index contributed by atoms with van der Waals surface area (Å²) in [6.45, 7) is 2.61. The van der Waals surface area contributed by atoms with Crippen molar-refractivity contribution in [1.29, 1.82) is 0 Å². The Bertz CT molecular complexity index is 653. The molecule has 1 heterocycles. The summed E-state index contributed by atoms with van der Waals surface area (Å²) < 4.78 is 33.2. The van der Waals surface area contributed by atoms with E-state index in [2.05, 4.69) is 14.6 Å². The molecule has 0 saturated heterocycles. The molecule has 6 nitrogen and oxygen atoms in total. The third kappa shape index (κ3) is 4.96. The second kappa shape index (κ2) is 7.35. The highest BCUT2D eigenvalue weighted by Gasteiger charge is 2.09. The highest BCUT2D eigenvalue weighted by atomic mass is 32.2. The van der Waals surface area contributed by atoms with E-state index < -0.39 is 10.2 Å². The fourth-order valence-electron chi connectivity index (χ4n) is 1.77. The van der Waals surface area contributed by atoms with Crippen LogP contribution in [0.15, 0.2) is 40.9 Å². The summed E-state index contributed by atoms with van der Waals surface area (Å²) in [5, 5.41) is 3.94. The summed E-state index contributed by atoms with van der Waals surface area (Å²) in [5.74, 6) is 0.678. The standard InChI is InChI=1S/C14H19N3O3S/c1-2-9-15-21(18,19)16-10-8-13-11-14(20-17-13)12-6-4-3-5-7-12/h3-7,11,15-16H,2,8-10H2,1H3. The number of nitrogens with one attached hydrogen (secondary N) is 2. The van der Waals surface area contributed by atoms with Gasteiger partial charge in [0.2, 0.25) is 0 Å². The van der Waals surface area contributed by atoms with Gasteiger partial charge in [0, 0.05) is 31.1 Å². The minimum Gasteiger partial charge on any atom is -0.356 e. The maximum absolute atomic E-state index is 11.5. The molecule has 1 aromatic carbocycles. The number of benzene rings is 1. The molecule has 0 atom stereocenters. The summed E-state index contributed by atoms with van der Waals surface area (Å²) in [5.41, 5.74) is 1.66. The molecule has 0 aliphatic heterocycles. The molecule has 2 aromatic rings. The van der Waals surface area contributed by atoms with E-state index in [0.717, 1.165) is 12.0 Å². The van der Waals surface area contributed by atoms with Crippen molar-refractivity contribution in [1.82, 2.24) is 14.6 Å². The van der Waals surface area contributed by atoms with Gasteiger partial charge in [0.15, 0.2) is 5.76 Å². The topological polar surface area (TPSA) is 84.2 Å². The van der Waals surface area contributed by atoms with Gasteiger partial charge >= 0.3 is 0 Å². The first-order valence-electron chi connectivity index (χ1n) is 6.86. The number of nitrogens with zero attached hydrogens (tertiary/aromatic N) is 1. The smallest absolute Gasteiger partial charge is 0.276 e. The minimum atomic E-state index is -3.42. The molecule has 0 radical (unpaired) electrons. The monoisotopic (exact) mass is 309 g/mol. The molecule has 0 aliphatic rings. The van der Waals surface area contributed by atoms with Crippen LogP contribution in [0, 0.1) is 0 Å². The lowest BCUT2D eigenvalue weighted by molar-refractivity contribution is 0.423. The van der Waals surface area contributed by atoms with Gasteiger partial charge in [-0.3, -0.25) is 0 Å². The van der Waals surface area contributed by atoms with E-state index >= 15 is 0 Å². The molecule has 2 N–H and O–H groups in total. The largest absolute Gasteiger partial charge is 0.356 e. The van der Waals surface area contributed by atoms with Gasteiger partial charge in [0.05, 0.1) is 5.69 Å². The lowest BCUT2D eigenvalue weighted by atomic mass is 10.1. The van der Waals surface area contributed by atoms with Gasteiger partial charge in [0.25, 0.3) is 10.2 Å². The van der Waals surface area contributed by atoms with E-state index in [-0.39, 0.29) is 6.54 Å². The molecule has 0 fully saturated rings. The van der Waals surface area contributed by atoms with Crippen LogP contribution in [0.2, 0.25) is 0 Å². The first-order chi connectivity index (χ1) is 10.1. The van der Waals surface area contributed by atoms with E-state index in [1.807, 2.05) is 43.3 Å². The SMILES string of the molecule is CCCNS(=O)(=O)NCCc1cc(-c2ccccc2)on1. The Labute approximate surface area is 124 Å². The van der Waals surface area contributed by atoms with Crippen molar-refractivity contribution in [3.63, 3.8) is 0 Å². The van der Waals surface area contributed by atoms with Crippen LogP contribution in [0.1, 0.15) is 19.0 Å². The molecular formula is C14H19N3O3S. The summed E-state index contributed by atoms with van der Waals surface area (Å²) in [6.07, 6.45) is 1.23. The van der Waals surface area contributed by atoms with Crippen molar-refractivity contribution in [2.45, 2.75) is 19.8 Å². The molecule has 0 saturated carbocycles. The number of hydrogen-bond acceptors (Lipinski definition) is 4. The second-order valence-corrected chi connectivity index (χ2v) is 6.17. The van der Waals surface area contributed by atoms with Crippen molar-refractivity contribution < 1.29 is 12.9 Å². The molecule has 114 valence electrons. The van der Waals surface area contributed by atoms with E-state index in [0.29, 0.717) is 24.4 Å². The molecule has 2 rings (SSSR count). The first-order valence-corrected chi connectivity index (χ1v) is 8.34. The highest BCUT2D eigenvalue weighted by Crippen LogP contribution is 2.19. The maximum atomic E-state index is 11.5. The molecule has 0 aliphatic carbocycles. The van der Waals surface area contributed by atoms with Gasteiger partial charge in [-0.2, -0.15) is 8.42 Å². The summed E-state index contributed by atoms with van der Waals surface area (Å²) in [6, 6.07) is 11.5. The number of hydrogen-bond donors (Lipinski definition) is 2. The van der Waals surface area contributed by atoms with Crippen molar-refractivity contribution in [3.8, 4) is 11.3 Å². The molecule has 7 heteroatoms. The van der Waals surface area contributed by atoms with Crippen molar-refractivity contribution in [2.75, 3.05) is 13.1 Å². The van der Waals surface area contributed by atoms with Crippen molar-refractivity contribution >= 4 is 10.2 Å². The number of rotatable bonds is 8. The summed E-state index contributed by atoms with van der Waals surface area (Å²) in [7, 11) is -3.42. The minimum absolute atomic E-state index is 0.278. The van der Waals surface area contributed by atoms with Gasteiger partial charge in [-0.15, -0.1) is 0 Å². The van der Waals surface area contributed by atoms with Crippen LogP contribution >= 0.6 is 0 Å². The van der Waals surface area contributed by atoms with Crippen molar-refractivity contribution in [3.05, 3.63) is 42.1 Å². The van der Waals surface area contributed by atoms with Gasteiger partial charge in [0.1, 0.15) is 0 Å². The second-order valence-electron chi connectivity index (χ2n) is 4.59. The van der Waals surface area contributed by atoms with Crippen molar-refractivity contribution in [2.24, 2.45) is 0 Å². The van der Waals surface area contributed by atoms with Crippen LogP contribution in [0.4, 0.5) is 0 Å². The van der Waals surface area contributed by atoms with Gasteiger partial charge in [-0.1, -0.05) is 42.4 Å².